The van der Waals surface area contributed by atoms with Crippen LogP contribution in [0.3, 0.4) is 0 Å². The largest absolute Gasteiger partial charge is 0.490 e. The first-order valence-electron chi connectivity index (χ1n) is 8.02. The maximum absolute atomic E-state index is 12.9. The first-order chi connectivity index (χ1) is 13.6. The third-order valence-electron chi connectivity index (χ3n) is 3.50. The normalized spacial score (nSPS) is 11.1. The smallest absolute Gasteiger partial charge is 0.416 e. The molecule has 0 atom stereocenters. The minimum atomic E-state index is -4.54. The minimum absolute atomic E-state index is 0.0145. The number of thiocarbonyl (C=S) groups is 1. The van der Waals surface area contributed by atoms with Gasteiger partial charge < -0.3 is 14.8 Å². The van der Waals surface area contributed by atoms with Gasteiger partial charge in [-0.25, -0.2) is 0 Å². The van der Waals surface area contributed by atoms with Gasteiger partial charge in [0.1, 0.15) is 12.4 Å². The summed E-state index contributed by atoms with van der Waals surface area (Å²) in [6.07, 6.45) is -4.54. The number of benzene rings is 2. The molecule has 2 aromatic carbocycles. The Morgan fingerprint density at radius 2 is 1.93 bits per heavy atom. The number of carbonyl (C=O) groups is 1. The molecule has 0 saturated heterocycles. The number of carbonyl (C=O) groups excluding carboxylic acids is 1. The van der Waals surface area contributed by atoms with Crippen LogP contribution in [0, 0.1) is 0 Å². The molecule has 2 aromatic rings. The Hall–Kier alpha value is -1.88. The number of alkyl halides is 3. The zero-order valence-corrected chi connectivity index (χ0v) is 18.1. The molecule has 0 spiro atoms. The van der Waals surface area contributed by atoms with E-state index in [4.69, 9.17) is 33.3 Å². The van der Waals surface area contributed by atoms with Gasteiger partial charge in [-0.15, -0.1) is 0 Å². The average Bonchev–Trinajstić information content (AvgIpc) is 2.63. The van der Waals surface area contributed by atoms with Gasteiger partial charge in [0.15, 0.2) is 5.11 Å². The fourth-order valence-corrected chi connectivity index (χ4v) is 2.89. The summed E-state index contributed by atoms with van der Waals surface area (Å²) in [5.74, 6) is -0.318. The van der Waals surface area contributed by atoms with Crippen molar-refractivity contribution in [3.8, 4) is 5.75 Å². The van der Waals surface area contributed by atoms with Crippen molar-refractivity contribution in [2.75, 3.05) is 25.6 Å². The standard InChI is InChI=1S/C18H15BrClF3N2O3S/c1-27-6-7-28-15-5-3-11(19)9-12(15)16(26)25-17(29)24-14-8-10(18(21,22)23)2-4-13(14)20/h2-5,8-9H,6-7H2,1H3,(H2,24,25,26,29). The van der Waals surface area contributed by atoms with E-state index >= 15 is 0 Å². The average molecular weight is 512 g/mol. The Morgan fingerprint density at radius 3 is 2.59 bits per heavy atom. The lowest BCUT2D eigenvalue weighted by atomic mass is 10.2. The summed E-state index contributed by atoms with van der Waals surface area (Å²) in [7, 11) is 1.52. The van der Waals surface area contributed by atoms with Crippen molar-refractivity contribution >= 4 is 56.5 Å². The number of nitrogens with one attached hydrogen (secondary N) is 2. The van der Waals surface area contributed by atoms with E-state index in [1.165, 1.54) is 13.2 Å². The minimum Gasteiger partial charge on any atom is -0.490 e. The predicted molar refractivity (Wildman–Crippen MR) is 112 cm³/mol. The summed E-state index contributed by atoms with van der Waals surface area (Å²) < 4.78 is 49.7. The van der Waals surface area contributed by atoms with Crippen molar-refractivity contribution < 1.29 is 27.4 Å². The number of amides is 1. The molecule has 5 nitrogen and oxygen atoms in total. The van der Waals surface area contributed by atoms with Crippen LogP contribution in [0.4, 0.5) is 18.9 Å². The fraction of sp³-hybridized carbons (Fsp3) is 0.222. The highest BCUT2D eigenvalue weighted by molar-refractivity contribution is 9.10. The van der Waals surface area contributed by atoms with Crippen LogP contribution in [0.2, 0.25) is 5.02 Å². The van der Waals surface area contributed by atoms with Crippen molar-refractivity contribution in [1.29, 1.82) is 0 Å². The number of ether oxygens (including phenoxy) is 2. The highest BCUT2D eigenvalue weighted by Crippen LogP contribution is 2.33. The molecule has 0 radical (unpaired) electrons. The van der Waals surface area contributed by atoms with Gasteiger partial charge in [-0.05, 0) is 48.6 Å². The van der Waals surface area contributed by atoms with E-state index in [-0.39, 0.29) is 28.0 Å². The Labute approximate surface area is 183 Å². The molecule has 0 aliphatic rings. The SMILES string of the molecule is COCCOc1ccc(Br)cc1C(=O)NC(=S)Nc1cc(C(F)(F)F)ccc1Cl. The molecule has 2 rings (SSSR count). The second-order valence-electron chi connectivity index (χ2n) is 5.58. The highest BCUT2D eigenvalue weighted by atomic mass is 79.9. The van der Waals surface area contributed by atoms with E-state index in [2.05, 4.69) is 26.6 Å². The molecule has 0 saturated carbocycles. The van der Waals surface area contributed by atoms with Gasteiger partial charge in [0.25, 0.3) is 5.91 Å². The molecule has 156 valence electrons. The van der Waals surface area contributed by atoms with Gasteiger partial charge in [-0.1, -0.05) is 27.5 Å². The van der Waals surface area contributed by atoms with Gasteiger partial charge >= 0.3 is 6.18 Å². The van der Waals surface area contributed by atoms with Crippen molar-refractivity contribution in [1.82, 2.24) is 5.32 Å². The van der Waals surface area contributed by atoms with E-state index in [0.717, 1.165) is 18.2 Å². The lowest BCUT2D eigenvalue weighted by Gasteiger charge is -2.15. The topological polar surface area (TPSA) is 59.6 Å². The molecule has 29 heavy (non-hydrogen) atoms. The quantitative estimate of drug-likeness (QED) is 0.409. The lowest BCUT2D eigenvalue weighted by Crippen LogP contribution is -2.34. The van der Waals surface area contributed by atoms with Crippen molar-refractivity contribution in [2.45, 2.75) is 6.18 Å². The van der Waals surface area contributed by atoms with Crippen LogP contribution < -0.4 is 15.4 Å². The number of methoxy groups -OCH3 is 1. The second-order valence-corrected chi connectivity index (χ2v) is 7.31. The zero-order chi connectivity index (χ0) is 21.6. The molecule has 11 heteroatoms. The Morgan fingerprint density at radius 1 is 1.21 bits per heavy atom. The summed E-state index contributed by atoms with van der Waals surface area (Å²) in [6.45, 7) is 0.548. The van der Waals surface area contributed by atoms with Crippen LogP contribution in [0.1, 0.15) is 15.9 Å². The number of hydrogen-bond acceptors (Lipinski definition) is 4. The van der Waals surface area contributed by atoms with E-state index in [9.17, 15) is 18.0 Å². The predicted octanol–water partition coefficient (Wildman–Crippen LogP) is 5.27. The Kier molecular flexibility index (Phi) is 8.26. The monoisotopic (exact) mass is 510 g/mol. The second kappa shape index (κ2) is 10.2. The molecule has 0 unspecified atom stereocenters. The van der Waals surface area contributed by atoms with Crippen LogP contribution in [0.25, 0.3) is 0 Å². The van der Waals surface area contributed by atoms with Crippen LogP contribution in [-0.2, 0) is 10.9 Å². The molecule has 0 bridgehead atoms. The van der Waals surface area contributed by atoms with Crippen LogP contribution in [0.5, 0.6) is 5.75 Å². The summed E-state index contributed by atoms with van der Waals surface area (Å²) in [5, 5.41) is 4.69. The van der Waals surface area contributed by atoms with Crippen LogP contribution >= 0.6 is 39.7 Å². The van der Waals surface area contributed by atoms with Gasteiger partial charge in [0.2, 0.25) is 0 Å². The molecule has 0 aliphatic heterocycles. The van der Waals surface area contributed by atoms with Gasteiger partial charge in [0.05, 0.1) is 28.4 Å². The maximum Gasteiger partial charge on any atom is 0.416 e. The van der Waals surface area contributed by atoms with Crippen LogP contribution in [0.15, 0.2) is 40.9 Å². The summed E-state index contributed by atoms with van der Waals surface area (Å²) in [5.41, 5.74) is -0.813. The molecule has 0 aromatic heterocycles. The summed E-state index contributed by atoms with van der Waals surface area (Å²) in [4.78, 5) is 12.6. The molecule has 0 aliphatic carbocycles. The van der Waals surface area contributed by atoms with Gasteiger partial charge in [-0.2, -0.15) is 13.2 Å². The molecule has 2 N–H and O–H groups in total. The van der Waals surface area contributed by atoms with E-state index < -0.39 is 17.6 Å². The highest BCUT2D eigenvalue weighted by Gasteiger charge is 2.31. The van der Waals surface area contributed by atoms with Gasteiger partial charge in [-0.3, -0.25) is 10.1 Å². The molecule has 1 amide bonds. The number of anilines is 1. The third-order valence-corrected chi connectivity index (χ3v) is 4.53. The third kappa shape index (κ3) is 6.84. The number of rotatable bonds is 6. The van der Waals surface area contributed by atoms with E-state index in [0.29, 0.717) is 16.8 Å². The summed E-state index contributed by atoms with van der Waals surface area (Å²) >= 11 is 14.2. The van der Waals surface area contributed by atoms with Crippen molar-refractivity contribution in [2.24, 2.45) is 0 Å². The molecule has 0 heterocycles. The van der Waals surface area contributed by atoms with Gasteiger partial charge in [0, 0.05) is 11.6 Å². The Balaban J connectivity index is 2.14. The number of hydrogen-bond donors (Lipinski definition) is 2. The van der Waals surface area contributed by atoms with E-state index in [1.54, 1.807) is 12.1 Å². The Bertz CT molecular complexity index is 912. The first kappa shape index (κ1) is 23.4. The molecular weight excluding hydrogens is 497 g/mol. The van der Waals surface area contributed by atoms with Crippen molar-refractivity contribution in [3.63, 3.8) is 0 Å². The molecular formula is C18H15BrClF3N2O3S. The zero-order valence-electron chi connectivity index (χ0n) is 14.9. The van der Waals surface area contributed by atoms with E-state index in [1.807, 2.05) is 0 Å². The molecule has 0 fully saturated rings. The number of halogens is 5. The summed E-state index contributed by atoms with van der Waals surface area (Å²) in [6, 6.07) is 7.55. The van der Waals surface area contributed by atoms with Crippen LogP contribution in [-0.4, -0.2) is 31.3 Å². The maximum atomic E-state index is 12.9. The van der Waals surface area contributed by atoms with Crippen molar-refractivity contribution in [3.05, 3.63) is 57.0 Å². The lowest BCUT2D eigenvalue weighted by molar-refractivity contribution is -0.137. The first-order valence-corrected chi connectivity index (χ1v) is 9.60. The fourth-order valence-electron chi connectivity index (χ4n) is 2.16.